The van der Waals surface area contributed by atoms with Gasteiger partial charge in [0.25, 0.3) is 11.6 Å². The summed E-state index contributed by atoms with van der Waals surface area (Å²) >= 11 is 0. The van der Waals surface area contributed by atoms with Gasteiger partial charge in [-0.15, -0.1) is 0 Å². The minimum Gasteiger partial charge on any atom is -0.455 e. The van der Waals surface area contributed by atoms with Crippen molar-refractivity contribution in [2.24, 2.45) is 5.92 Å². The molecule has 0 aromatic heterocycles. The van der Waals surface area contributed by atoms with Gasteiger partial charge in [0, 0.05) is 30.8 Å². The first-order valence-electron chi connectivity index (χ1n) is 9.02. The highest BCUT2D eigenvalue weighted by molar-refractivity contribution is 6.00. The number of esters is 1. The van der Waals surface area contributed by atoms with Crippen molar-refractivity contribution in [2.45, 2.75) is 13.3 Å². The molecule has 2 aromatic carbocycles. The minimum absolute atomic E-state index is 0.0478. The van der Waals surface area contributed by atoms with Crippen LogP contribution in [0.4, 0.5) is 21.5 Å². The van der Waals surface area contributed by atoms with Crippen molar-refractivity contribution in [3.8, 4) is 0 Å². The van der Waals surface area contributed by atoms with E-state index in [1.54, 1.807) is 12.1 Å². The van der Waals surface area contributed by atoms with Gasteiger partial charge in [-0.1, -0.05) is 17.7 Å². The molecule has 2 amide bonds. The molecular weight excluding hydrogens is 397 g/mol. The Morgan fingerprint density at radius 3 is 2.63 bits per heavy atom. The topological polar surface area (TPSA) is 119 Å². The van der Waals surface area contributed by atoms with E-state index in [9.17, 15) is 28.9 Å². The van der Waals surface area contributed by atoms with E-state index in [2.05, 4.69) is 5.32 Å². The van der Waals surface area contributed by atoms with Crippen molar-refractivity contribution < 1.29 is 28.4 Å². The number of nitro benzene ring substituents is 1. The number of hydrogen-bond donors (Lipinski definition) is 1. The second-order valence-electron chi connectivity index (χ2n) is 6.82. The zero-order valence-electron chi connectivity index (χ0n) is 16.0. The fourth-order valence-corrected chi connectivity index (χ4v) is 3.00. The van der Waals surface area contributed by atoms with E-state index < -0.39 is 46.5 Å². The SMILES string of the molecule is Cc1ccc(N2C[C@H](C(=O)OCC(=O)Nc3cc([N+](=O)[O-])ccc3F)CC2=O)cc1. The van der Waals surface area contributed by atoms with Gasteiger partial charge in [0.05, 0.1) is 16.5 Å². The van der Waals surface area contributed by atoms with E-state index in [1.165, 1.54) is 4.90 Å². The summed E-state index contributed by atoms with van der Waals surface area (Å²) in [5.41, 5.74) is 0.906. The third kappa shape index (κ3) is 4.77. The van der Waals surface area contributed by atoms with Crippen LogP contribution in [0.25, 0.3) is 0 Å². The van der Waals surface area contributed by atoms with Crippen LogP contribution in [0.2, 0.25) is 0 Å². The normalized spacial score (nSPS) is 15.7. The zero-order chi connectivity index (χ0) is 21.8. The lowest BCUT2D eigenvalue weighted by Gasteiger charge is -2.16. The molecule has 0 radical (unpaired) electrons. The molecular formula is C20H18FN3O6. The molecule has 0 aliphatic carbocycles. The molecule has 1 fully saturated rings. The number of amides is 2. The Hall–Kier alpha value is -3.82. The molecule has 1 heterocycles. The van der Waals surface area contributed by atoms with Gasteiger partial charge in [0.2, 0.25) is 5.91 Å². The van der Waals surface area contributed by atoms with Crippen molar-refractivity contribution in [2.75, 3.05) is 23.4 Å². The van der Waals surface area contributed by atoms with Crippen molar-refractivity contribution in [3.63, 3.8) is 0 Å². The molecule has 0 bridgehead atoms. The monoisotopic (exact) mass is 415 g/mol. The largest absolute Gasteiger partial charge is 0.455 e. The average Bonchev–Trinajstić information content (AvgIpc) is 3.10. The van der Waals surface area contributed by atoms with E-state index in [-0.39, 0.29) is 18.9 Å². The number of aryl methyl sites for hydroxylation is 1. The molecule has 1 atom stereocenters. The Balaban J connectivity index is 1.55. The number of rotatable bonds is 6. The maximum Gasteiger partial charge on any atom is 0.311 e. The molecule has 10 heteroatoms. The quantitative estimate of drug-likeness (QED) is 0.440. The number of hydrogen-bond acceptors (Lipinski definition) is 6. The van der Waals surface area contributed by atoms with Crippen molar-refractivity contribution >= 4 is 34.8 Å². The number of nitrogens with zero attached hydrogens (tertiary/aromatic N) is 2. The third-order valence-electron chi connectivity index (χ3n) is 4.58. The highest BCUT2D eigenvalue weighted by Gasteiger charge is 2.36. The molecule has 3 rings (SSSR count). The Morgan fingerprint density at radius 1 is 1.27 bits per heavy atom. The Morgan fingerprint density at radius 2 is 1.97 bits per heavy atom. The van der Waals surface area contributed by atoms with Crippen LogP contribution in [0.3, 0.4) is 0 Å². The summed E-state index contributed by atoms with van der Waals surface area (Å²) < 4.78 is 18.7. The lowest BCUT2D eigenvalue weighted by Crippen LogP contribution is -2.28. The summed E-state index contributed by atoms with van der Waals surface area (Å²) in [5.74, 6) is -3.42. The fourth-order valence-electron chi connectivity index (χ4n) is 3.00. The molecule has 1 aliphatic heterocycles. The van der Waals surface area contributed by atoms with E-state index >= 15 is 0 Å². The predicted molar refractivity (Wildman–Crippen MR) is 104 cm³/mol. The first-order chi connectivity index (χ1) is 14.2. The average molecular weight is 415 g/mol. The molecule has 9 nitrogen and oxygen atoms in total. The van der Waals surface area contributed by atoms with Gasteiger partial charge in [-0.3, -0.25) is 24.5 Å². The molecule has 0 unspecified atom stereocenters. The number of carbonyl (C=O) groups is 3. The second kappa shape index (κ2) is 8.68. The number of nitrogens with one attached hydrogen (secondary N) is 1. The summed E-state index contributed by atoms with van der Waals surface area (Å²) in [6.07, 6.45) is -0.0478. The second-order valence-corrected chi connectivity index (χ2v) is 6.82. The number of carbonyl (C=O) groups excluding carboxylic acids is 3. The van der Waals surface area contributed by atoms with Crippen LogP contribution in [-0.4, -0.2) is 35.9 Å². The minimum atomic E-state index is -0.865. The Labute approximate surface area is 170 Å². The summed E-state index contributed by atoms with van der Waals surface area (Å²) in [5, 5.41) is 12.9. The van der Waals surface area contributed by atoms with Gasteiger partial charge in [0.1, 0.15) is 5.82 Å². The summed E-state index contributed by atoms with van der Waals surface area (Å²) in [7, 11) is 0. The number of ether oxygens (including phenoxy) is 1. The molecule has 1 aliphatic rings. The van der Waals surface area contributed by atoms with Crippen molar-refractivity contribution in [1.29, 1.82) is 0 Å². The van der Waals surface area contributed by atoms with E-state index in [4.69, 9.17) is 4.74 Å². The molecule has 0 saturated carbocycles. The predicted octanol–water partition coefficient (Wildman–Crippen LogP) is 2.58. The van der Waals surface area contributed by atoms with Crippen LogP contribution in [0.1, 0.15) is 12.0 Å². The lowest BCUT2D eigenvalue weighted by atomic mass is 10.1. The lowest BCUT2D eigenvalue weighted by molar-refractivity contribution is -0.384. The summed E-state index contributed by atoms with van der Waals surface area (Å²) in [6, 6.07) is 9.94. The zero-order valence-corrected chi connectivity index (χ0v) is 16.0. The number of nitro groups is 1. The van der Waals surface area contributed by atoms with Crippen LogP contribution in [-0.2, 0) is 19.1 Å². The first kappa shape index (κ1) is 20.9. The van der Waals surface area contributed by atoms with Crippen LogP contribution in [0.5, 0.6) is 0 Å². The molecule has 0 spiro atoms. The Bertz CT molecular complexity index is 1010. The van der Waals surface area contributed by atoms with E-state index in [0.29, 0.717) is 5.69 Å². The number of benzene rings is 2. The number of halogens is 1. The molecule has 2 aromatic rings. The van der Waals surface area contributed by atoms with E-state index in [0.717, 1.165) is 23.8 Å². The van der Waals surface area contributed by atoms with Gasteiger partial charge in [-0.25, -0.2) is 4.39 Å². The Kier molecular flexibility index (Phi) is 6.05. The maximum absolute atomic E-state index is 13.7. The molecule has 1 N–H and O–H groups in total. The van der Waals surface area contributed by atoms with Gasteiger partial charge in [-0.2, -0.15) is 0 Å². The smallest absolute Gasteiger partial charge is 0.311 e. The van der Waals surface area contributed by atoms with Gasteiger partial charge >= 0.3 is 5.97 Å². The van der Waals surface area contributed by atoms with Crippen LogP contribution in [0.15, 0.2) is 42.5 Å². The highest BCUT2D eigenvalue weighted by Crippen LogP contribution is 2.26. The van der Waals surface area contributed by atoms with Gasteiger partial charge in [0.15, 0.2) is 6.61 Å². The maximum atomic E-state index is 13.7. The number of anilines is 2. The number of non-ortho nitro benzene ring substituents is 1. The summed E-state index contributed by atoms with van der Waals surface area (Å²) in [4.78, 5) is 47.9. The standard InChI is InChI=1S/C20H18FN3O6/c1-12-2-4-14(5-3-12)23-10-13(8-19(23)26)20(27)30-11-18(25)22-17-9-15(24(28)29)6-7-16(17)21/h2-7,9,13H,8,10-11H2,1H3,(H,22,25)/t13-/m1/s1. The van der Waals surface area contributed by atoms with E-state index in [1.807, 2.05) is 19.1 Å². The summed E-state index contributed by atoms with van der Waals surface area (Å²) in [6.45, 7) is 1.33. The van der Waals surface area contributed by atoms with Crippen LogP contribution >= 0.6 is 0 Å². The highest BCUT2D eigenvalue weighted by atomic mass is 19.1. The molecule has 156 valence electrons. The fraction of sp³-hybridized carbons (Fsp3) is 0.250. The van der Waals surface area contributed by atoms with Crippen LogP contribution < -0.4 is 10.2 Å². The van der Waals surface area contributed by atoms with Gasteiger partial charge < -0.3 is 15.0 Å². The molecule has 30 heavy (non-hydrogen) atoms. The van der Waals surface area contributed by atoms with Crippen LogP contribution in [0, 0.1) is 28.8 Å². The third-order valence-corrected chi connectivity index (χ3v) is 4.58. The van der Waals surface area contributed by atoms with Gasteiger partial charge in [-0.05, 0) is 25.1 Å². The first-order valence-corrected chi connectivity index (χ1v) is 9.02. The molecule has 1 saturated heterocycles. The van der Waals surface area contributed by atoms with Crippen molar-refractivity contribution in [1.82, 2.24) is 0 Å². The van der Waals surface area contributed by atoms with Crippen molar-refractivity contribution in [3.05, 3.63) is 64.0 Å².